The van der Waals surface area contributed by atoms with Crippen molar-refractivity contribution < 1.29 is 24.9 Å². The molecule has 1 heterocycles. The molecular formula is C20H32O5. The van der Waals surface area contributed by atoms with E-state index in [1.807, 2.05) is 13.0 Å². The van der Waals surface area contributed by atoms with Gasteiger partial charge in [-0.05, 0) is 71.6 Å². The summed E-state index contributed by atoms with van der Waals surface area (Å²) in [5, 5.41) is 31.8. The van der Waals surface area contributed by atoms with Gasteiger partial charge in [0.05, 0.1) is 17.8 Å². The van der Waals surface area contributed by atoms with E-state index < -0.39 is 29.4 Å². The van der Waals surface area contributed by atoms with Crippen LogP contribution < -0.4 is 0 Å². The van der Waals surface area contributed by atoms with Gasteiger partial charge in [0.25, 0.3) is 0 Å². The van der Waals surface area contributed by atoms with Crippen LogP contribution in [-0.4, -0.2) is 44.7 Å². The fourth-order valence-electron chi connectivity index (χ4n) is 3.70. The summed E-state index contributed by atoms with van der Waals surface area (Å²) < 4.78 is 5.60. The lowest BCUT2D eigenvalue weighted by Gasteiger charge is -2.33. The van der Waals surface area contributed by atoms with E-state index in [1.54, 1.807) is 13.8 Å². The molecule has 2 rings (SSSR count). The van der Waals surface area contributed by atoms with Crippen LogP contribution in [0.15, 0.2) is 23.8 Å². The van der Waals surface area contributed by atoms with E-state index in [4.69, 9.17) is 4.74 Å². The summed E-state index contributed by atoms with van der Waals surface area (Å²) in [5.41, 5.74) is -0.741. The van der Waals surface area contributed by atoms with Crippen LogP contribution >= 0.6 is 0 Å². The van der Waals surface area contributed by atoms with Gasteiger partial charge >= 0.3 is 5.97 Å². The van der Waals surface area contributed by atoms with Crippen molar-refractivity contribution in [2.75, 3.05) is 0 Å². The van der Waals surface area contributed by atoms with Crippen LogP contribution in [0.1, 0.15) is 65.7 Å². The van der Waals surface area contributed by atoms with Crippen LogP contribution in [-0.2, 0) is 9.53 Å². The maximum Gasteiger partial charge on any atom is 0.334 e. The number of hydrogen-bond acceptors (Lipinski definition) is 5. The molecule has 2 bridgehead atoms. The van der Waals surface area contributed by atoms with Crippen LogP contribution in [0.2, 0.25) is 0 Å². The molecule has 0 aromatic heterocycles. The highest BCUT2D eigenvalue weighted by Crippen LogP contribution is 2.38. The SMILES string of the molecule is C=C1C(=O)O[C@]2(C)CC[C@@H]1C[C@@H](O)[C@@](C)(O)CCC=C(C)CC[C@@H]2O. The minimum atomic E-state index is -1.22. The fraction of sp³-hybridized carbons (Fsp3) is 0.750. The van der Waals surface area contributed by atoms with Crippen molar-refractivity contribution in [3.05, 3.63) is 23.8 Å². The van der Waals surface area contributed by atoms with E-state index in [9.17, 15) is 20.1 Å². The molecule has 25 heavy (non-hydrogen) atoms. The third kappa shape index (κ3) is 4.72. The predicted octanol–water partition coefficient (Wildman–Crippen LogP) is 2.64. The van der Waals surface area contributed by atoms with Gasteiger partial charge in [-0.3, -0.25) is 0 Å². The number of allylic oxidation sites excluding steroid dienone is 2. The molecule has 0 spiro atoms. The second-order valence-corrected chi connectivity index (χ2v) is 8.22. The quantitative estimate of drug-likeness (QED) is 0.354. The Balaban J connectivity index is 2.33. The Bertz CT molecular complexity index is 550. The minimum Gasteiger partial charge on any atom is -0.453 e. The van der Waals surface area contributed by atoms with Crippen LogP contribution in [0.4, 0.5) is 0 Å². The maximum atomic E-state index is 12.4. The molecule has 0 saturated carbocycles. The normalized spacial score (nSPS) is 41.5. The van der Waals surface area contributed by atoms with E-state index >= 15 is 0 Å². The average molecular weight is 352 g/mol. The third-order valence-corrected chi connectivity index (χ3v) is 5.96. The van der Waals surface area contributed by atoms with Crippen molar-refractivity contribution in [1.82, 2.24) is 0 Å². The lowest BCUT2D eigenvalue weighted by Crippen LogP contribution is -2.43. The Morgan fingerprint density at radius 2 is 1.88 bits per heavy atom. The van der Waals surface area contributed by atoms with E-state index in [0.29, 0.717) is 44.1 Å². The van der Waals surface area contributed by atoms with Gasteiger partial charge in [-0.25, -0.2) is 4.79 Å². The standard InChI is InChI=1S/C20H32O5/c1-13-6-5-10-19(3,24)17(22)12-15-9-11-20(4,16(21)8-7-13)25-18(23)14(15)2/h6,15-17,21-22,24H,2,5,7-12H2,1,3-4H3/t15-,16+,17-,19+,20-/m1/s1. The Labute approximate surface area is 150 Å². The van der Waals surface area contributed by atoms with E-state index in [1.165, 1.54) is 0 Å². The molecule has 142 valence electrons. The van der Waals surface area contributed by atoms with E-state index in [0.717, 1.165) is 5.57 Å². The zero-order chi connectivity index (χ0) is 18.8. The Kier molecular flexibility index (Phi) is 6.13. The number of rotatable bonds is 0. The van der Waals surface area contributed by atoms with Crippen molar-refractivity contribution in [3.63, 3.8) is 0 Å². The van der Waals surface area contributed by atoms with Crippen LogP contribution in [0.3, 0.4) is 0 Å². The monoisotopic (exact) mass is 352 g/mol. The topological polar surface area (TPSA) is 87.0 Å². The molecule has 1 aliphatic carbocycles. The smallest absolute Gasteiger partial charge is 0.334 e. The molecule has 5 atom stereocenters. The van der Waals surface area contributed by atoms with Crippen LogP contribution in [0.5, 0.6) is 0 Å². The highest BCUT2D eigenvalue weighted by molar-refractivity contribution is 5.89. The van der Waals surface area contributed by atoms with Gasteiger partial charge in [0.15, 0.2) is 0 Å². The van der Waals surface area contributed by atoms with Crippen molar-refractivity contribution in [1.29, 1.82) is 0 Å². The summed E-state index contributed by atoms with van der Waals surface area (Å²) >= 11 is 0. The Morgan fingerprint density at radius 1 is 1.20 bits per heavy atom. The molecule has 3 N–H and O–H groups in total. The average Bonchev–Trinajstić information content (AvgIpc) is 2.64. The summed E-state index contributed by atoms with van der Waals surface area (Å²) in [7, 11) is 0. The molecule has 0 radical (unpaired) electrons. The van der Waals surface area contributed by atoms with Crippen molar-refractivity contribution >= 4 is 5.97 Å². The third-order valence-electron chi connectivity index (χ3n) is 5.96. The Morgan fingerprint density at radius 3 is 2.56 bits per heavy atom. The van der Waals surface area contributed by atoms with Gasteiger partial charge in [-0.15, -0.1) is 0 Å². The summed E-state index contributed by atoms with van der Waals surface area (Å²) in [6.07, 6.45) is 4.00. The van der Waals surface area contributed by atoms with Crippen LogP contribution in [0, 0.1) is 5.92 Å². The maximum absolute atomic E-state index is 12.4. The first-order valence-corrected chi connectivity index (χ1v) is 9.21. The molecule has 5 heteroatoms. The van der Waals surface area contributed by atoms with E-state index in [2.05, 4.69) is 6.58 Å². The molecular weight excluding hydrogens is 320 g/mol. The first-order valence-electron chi connectivity index (χ1n) is 9.21. The molecule has 1 aliphatic heterocycles. The highest BCUT2D eigenvalue weighted by Gasteiger charge is 2.43. The number of aliphatic hydroxyl groups is 3. The number of carbonyl (C=O) groups excluding carboxylic acids is 1. The van der Waals surface area contributed by atoms with Gasteiger partial charge in [0.2, 0.25) is 0 Å². The second kappa shape index (κ2) is 7.60. The lowest BCUT2D eigenvalue weighted by atomic mass is 9.80. The first-order chi connectivity index (χ1) is 11.5. The number of esters is 1. The molecule has 0 amide bonds. The van der Waals surface area contributed by atoms with Crippen molar-refractivity contribution in [2.24, 2.45) is 5.92 Å². The zero-order valence-corrected chi connectivity index (χ0v) is 15.6. The van der Waals surface area contributed by atoms with Crippen molar-refractivity contribution in [3.8, 4) is 0 Å². The number of carbonyl (C=O) groups is 1. The molecule has 0 aromatic rings. The highest BCUT2D eigenvalue weighted by atomic mass is 16.6. The molecule has 1 fully saturated rings. The number of fused-ring (bicyclic) bond motifs is 3. The molecule has 1 saturated heterocycles. The first kappa shape index (κ1) is 20.1. The largest absolute Gasteiger partial charge is 0.453 e. The van der Waals surface area contributed by atoms with E-state index in [-0.39, 0.29) is 12.3 Å². The van der Waals surface area contributed by atoms with Crippen molar-refractivity contribution in [2.45, 2.75) is 89.1 Å². The minimum absolute atomic E-state index is 0.260. The summed E-state index contributed by atoms with van der Waals surface area (Å²) in [5.74, 6) is -0.777. The number of hydrogen-bond donors (Lipinski definition) is 3. The Hall–Kier alpha value is -1.17. The number of aliphatic hydroxyl groups excluding tert-OH is 2. The summed E-state index contributed by atoms with van der Waals surface area (Å²) in [6.45, 7) is 9.25. The van der Waals surface area contributed by atoms with Gasteiger partial charge in [-0.1, -0.05) is 18.2 Å². The molecule has 2 aliphatic rings. The van der Waals surface area contributed by atoms with Gasteiger partial charge in [0, 0.05) is 5.57 Å². The molecule has 5 nitrogen and oxygen atoms in total. The van der Waals surface area contributed by atoms with Gasteiger partial charge in [-0.2, -0.15) is 0 Å². The van der Waals surface area contributed by atoms with Crippen LogP contribution in [0.25, 0.3) is 0 Å². The number of ether oxygens (including phenoxy) is 1. The predicted molar refractivity (Wildman–Crippen MR) is 95.8 cm³/mol. The summed E-state index contributed by atoms with van der Waals surface area (Å²) in [4.78, 5) is 12.4. The van der Waals surface area contributed by atoms with Gasteiger partial charge < -0.3 is 20.1 Å². The lowest BCUT2D eigenvalue weighted by molar-refractivity contribution is -0.165. The fourth-order valence-corrected chi connectivity index (χ4v) is 3.70. The molecule has 0 unspecified atom stereocenters. The van der Waals surface area contributed by atoms with Gasteiger partial charge in [0.1, 0.15) is 5.60 Å². The zero-order valence-electron chi connectivity index (χ0n) is 15.6. The molecule has 0 aromatic carbocycles. The summed E-state index contributed by atoms with van der Waals surface area (Å²) in [6, 6.07) is 0. The second-order valence-electron chi connectivity index (χ2n) is 8.22.